The number of piperidine rings is 1. The van der Waals surface area contributed by atoms with E-state index in [0.29, 0.717) is 0 Å². The molecule has 3 aromatic rings. The zero-order valence-electron chi connectivity index (χ0n) is 13.9. The Morgan fingerprint density at radius 2 is 1.67 bits per heavy atom. The lowest BCUT2D eigenvalue weighted by Crippen LogP contribution is -2.29. The van der Waals surface area contributed by atoms with Gasteiger partial charge in [0.1, 0.15) is 0 Å². The molecule has 0 aliphatic carbocycles. The number of anilines is 1. The van der Waals surface area contributed by atoms with Gasteiger partial charge >= 0.3 is 0 Å². The van der Waals surface area contributed by atoms with Crippen molar-refractivity contribution in [1.82, 2.24) is 4.98 Å². The van der Waals surface area contributed by atoms with Crippen molar-refractivity contribution in [1.29, 1.82) is 0 Å². The first-order valence-corrected chi connectivity index (χ1v) is 8.77. The third-order valence-electron chi connectivity index (χ3n) is 4.74. The van der Waals surface area contributed by atoms with Crippen molar-refractivity contribution in [3.63, 3.8) is 0 Å². The van der Waals surface area contributed by atoms with Gasteiger partial charge in [-0.3, -0.25) is 4.98 Å². The molecule has 0 atom stereocenters. The first kappa shape index (κ1) is 14.9. The van der Waals surface area contributed by atoms with E-state index < -0.39 is 0 Å². The lowest BCUT2D eigenvalue weighted by molar-refractivity contribution is 0.577. The van der Waals surface area contributed by atoms with E-state index in [2.05, 4.69) is 76.6 Å². The van der Waals surface area contributed by atoms with Crippen molar-refractivity contribution < 1.29 is 0 Å². The van der Waals surface area contributed by atoms with Crippen LogP contribution in [0.5, 0.6) is 0 Å². The standard InChI is InChI=1S/C22H22N2/c1-4-15-24(16-5-1)21-13-14-23-20(17-21)12-11-19-9-6-8-18-7-2-3-10-22(18)19/h2-3,6-14,17H,1,4-5,15-16H2/b12-11+. The third-order valence-corrected chi connectivity index (χ3v) is 4.74. The SMILES string of the molecule is C(=C\c1cccc2ccccc12)/c1cc(N2CCCCC2)ccn1. The van der Waals surface area contributed by atoms with Crippen LogP contribution < -0.4 is 4.90 Å². The van der Waals surface area contributed by atoms with Crippen molar-refractivity contribution in [2.75, 3.05) is 18.0 Å². The van der Waals surface area contributed by atoms with Crippen molar-refractivity contribution in [3.05, 3.63) is 72.1 Å². The second-order valence-electron chi connectivity index (χ2n) is 6.39. The molecule has 2 nitrogen and oxygen atoms in total. The average molecular weight is 314 g/mol. The van der Waals surface area contributed by atoms with Gasteiger partial charge in [0.15, 0.2) is 0 Å². The topological polar surface area (TPSA) is 16.1 Å². The molecule has 1 fully saturated rings. The number of benzene rings is 2. The van der Waals surface area contributed by atoms with E-state index in [9.17, 15) is 0 Å². The van der Waals surface area contributed by atoms with Crippen LogP contribution in [-0.2, 0) is 0 Å². The summed E-state index contributed by atoms with van der Waals surface area (Å²) in [6, 6.07) is 19.3. The zero-order chi connectivity index (χ0) is 16.2. The fourth-order valence-corrected chi connectivity index (χ4v) is 3.45. The summed E-state index contributed by atoms with van der Waals surface area (Å²) in [6.45, 7) is 2.33. The molecule has 4 rings (SSSR count). The quantitative estimate of drug-likeness (QED) is 0.644. The number of nitrogens with zero attached hydrogens (tertiary/aromatic N) is 2. The van der Waals surface area contributed by atoms with E-state index >= 15 is 0 Å². The number of hydrogen-bond donors (Lipinski definition) is 0. The number of pyridine rings is 1. The first-order valence-electron chi connectivity index (χ1n) is 8.77. The molecular formula is C22H22N2. The minimum Gasteiger partial charge on any atom is -0.371 e. The van der Waals surface area contributed by atoms with Gasteiger partial charge < -0.3 is 4.90 Å². The number of rotatable bonds is 3. The molecule has 1 aliphatic heterocycles. The van der Waals surface area contributed by atoms with Gasteiger partial charge in [0, 0.05) is 25.0 Å². The van der Waals surface area contributed by atoms with Gasteiger partial charge in [0.2, 0.25) is 0 Å². The summed E-state index contributed by atoms with van der Waals surface area (Å²) < 4.78 is 0. The molecule has 0 unspecified atom stereocenters. The van der Waals surface area contributed by atoms with Gasteiger partial charge in [0.25, 0.3) is 0 Å². The number of aromatic nitrogens is 1. The minimum atomic E-state index is 1.02. The van der Waals surface area contributed by atoms with Gasteiger partial charge in [-0.1, -0.05) is 48.5 Å². The van der Waals surface area contributed by atoms with E-state index in [1.165, 1.54) is 41.3 Å². The summed E-state index contributed by atoms with van der Waals surface area (Å²) in [5.74, 6) is 0. The van der Waals surface area contributed by atoms with Crippen molar-refractivity contribution >= 4 is 28.6 Å². The van der Waals surface area contributed by atoms with Crippen molar-refractivity contribution in [2.24, 2.45) is 0 Å². The highest BCUT2D eigenvalue weighted by Gasteiger charge is 2.10. The fraction of sp³-hybridized carbons (Fsp3) is 0.227. The van der Waals surface area contributed by atoms with Gasteiger partial charge in [-0.25, -0.2) is 0 Å². The van der Waals surface area contributed by atoms with Gasteiger partial charge in [-0.05, 0) is 53.8 Å². The highest BCUT2D eigenvalue weighted by atomic mass is 15.1. The van der Waals surface area contributed by atoms with Crippen LogP contribution in [0.25, 0.3) is 22.9 Å². The maximum absolute atomic E-state index is 4.52. The second kappa shape index (κ2) is 6.88. The fourth-order valence-electron chi connectivity index (χ4n) is 3.45. The van der Waals surface area contributed by atoms with Crippen LogP contribution in [0.15, 0.2) is 60.8 Å². The van der Waals surface area contributed by atoms with E-state index in [1.54, 1.807) is 0 Å². The van der Waals surface area contributed by atoms with E-state index in [4.69, 9.17) is 0 Å². The lowest BCUT2D eigenvalue weighted by atomic mass is 10.0. The molecule has 1 saturated heterocycles. The zero-order valence-corrected chi connectivity index (χ0v) is 13.9. The highest BCUT2D eigenvalue weighted by Crippen LogP contribution is 2.23. The Morgan fingerprint density at radius 1 is 0.833 bits per heavy atom. The Bertz CT molecular complexity index is 855. The van der Waals surface area contributed by atoms with Crippen LogP contribution in [0.2, 0.25) is 0 Å². The molecule has 0 saturated carbocycles. The van der Waals surface area contributed by atoms with E-state index in [0.717, 1.165) is 18.8 Å². The lowest BCUT2D eigenvalue weighted by Gasteiger charge is -2.28. The predicted octanol–water partition coefficient (Wildman–Crippen LogP) is 5.40. The molecule has 0 spiro atoms. The van der Waals surface area contributed by atoms with Crippen molar-refractivity contribution in [2.45, 2.75) is 19.3 Å². The van der Waals surface area contributed by atoms with Crippen LogP contribution in [0.4, 0.5) is 5.69 Å². The Balaban J connectivity index is 1.61. The molecule has 0 radical (unpaired) electrons. The molecule has 1 aromatic heterocycles. The third kappa shape index (κ3) is 3.18. The Hall–Kier alpha value is -2.61. The van der Waals surface area contributed by atoms with Gasteiger partial charge in [0.05, 0.1) is 5.69 Å². The molecule has 2 heteroatoms. The van der Waals surface area contributed by atoms with Crippen LogP contribution in [-0.4, -0.2) is 18.1 Å². The van der Waals surface area contributed by atoms with Crippen LogP contribution in [0.3, 0.4) is 0 Å². The van der Waals surface area contributed by atoms with Gasteiger partial charge in [-0.2, -0.15) is 0 Å². The summed E-state index contributed by atoms with van der Waals surface area (Å²) in [6.07, 6.45) is 10.2. The predicted molar refractivity (Wildman–Crippen MR) is 103 cm³/mol. The normalized spacial score (nSPS) is 15.2. The molecule has 1 aliphatic rings. The van der Waals surface area contributed by atoms with Crippen LogP contribution in [0.1, 0.15) is 30.5 Å². The van der Waals surface area contributed by atoms with Crippen LogP contribution >= 0.6 is 0 Å². The highest BCUT2D eigenvalue weighted by molar-refractivity contribution is 5.92. The summed E-state index contributed by atoms with van der Waals surface area (Å²) >= 11 is 0. The molecule has 0 amide bonds. The summed E-state index contributed by atoms with van der Waals surface area (Å²) in [5.41, 5.74) is 3.55. The number of hydrogen-bond acceptors (Lipinski definition) is 2. The Kier molecular flexibility index (Phi) is 4.28. The number of fused-ring (bicyclic) bond motifs is 1. The van der Waals surface area contributed by atoms with Gasteiger partial charge in [-0.15, -0.1) is 0 Å². The Labute approximate surface area is 143 Å². The van der Waals surface area contributed by atoms with E-state index in [-0.39, 0.29) is 0 Å². The molecular weight excluding hydrogens is 292 g/mol. The molecule has 0 bridgehead atoms. The molecule has 2 heterocycles. The summed E-state index contributed by atoms with van der Waals surface area (Å²) in [7, 11) is 0. The molecule has 120 valence electrons. The minimum absolute atomic E-state index is 1.02. The first-order chi connectivity index (χ1) is 11.9. The molecule has 2 aromatic carbocycles. The molecule has 24 heavy (non-hydrogen) atoms. The monoisotopic (exact) mass is 314 g/mol. The summed E-state index contributed by atoms with van der Waals surface area (Å²) in [4.78, 5) is 6.99. The Morgan fingerprint density at radius 3 is 2.58 bits per heavy atom. The van der Waals surface area contributed by atoms with Crippen LogP contribution in [0, 0.1) is 0 Å². The van der Waals surface area contributed by atoms with E-state index in [1.807, 2.05) is 6.20 Å². The smallest absolute Gasteiger partial charge is 0.0650 e. The maximum Gasteiger partial charge on any atom is 0.0650 e. The summed E-state index contributed by atoms with van der Waals surface area (Å²) in [5, 5.41) is 2.55. The average Bonchev–Trinajstić information content (AvgIpc) is 2.67. The maximum atomic E-state index is 4.52. The molecule has 0 N–H and O–H groups in total. The largest absolute Gasteiger partial charge is 0.371 e. The van der Waals surface area contributed by atoms with Crippen molar-refractivity contribution in [3.8, 4) is 0 Å². The second-order valence-corrected chi connectivity index (χ2v) is 6.39.